The van der Waals surface area contributed by atoms with Crippen molar-refractivity contribution < 1.29 is 0 Å². The van der Waals surface area contributed by atoms with Gasteiger partial charge in [0.05, 0.1) is 0 Å². The van der Waals surface area contributed by atoms with Crippen LogP contribution >= 0.6 is 49.9 Å². The molecule has 0 aliphatic carbocycles. The number of halogens is 1. The molecule has 0 fully saturated rings. The van der Waals surface area contributed by atoms with Crippen molar-refractivity contribution in [1.29, 1.82) is 0 Å². The molecule has 0 N–H and O–H groups in total. The summed E-state index contributed by atoms with van der Waals surface area (Å²) in [6, 6.07) is 10.7. The van der Waals surface area contributed by atoms with Crippen molar-refractivity contribution in [1.82, 2.24) is 0 Å². The molecule has 0 saturated carbocycles. The summed E-state index contributed by atoms with van der Waals surface area (Å²) in [5, 5.41) is 4.19. The van der Waals surface area contributed by atoms with Gasteiger partial charge in [0.25, 0.3) is 0 Å². The van der Waals surface area contributed by atoms with Crippen LogP contribution in [0.3, 0.4) is 0 Å². The van der Waals surface area contributed by atoms with Gasteiger partial charge in [-0.2, -0.15) is 0 Å². The minimum Gasteiger partial charge on any atom is -0.148 e. The van der Waals surface area contributed by atoms with Gasteiger partial charge in [0, 0.05) is 29.4 Å². The topological polar surface area (TPSA) is 0 Å². The van der Waals surface area contributed by atoms with Gasteiger partial charge in [-0.3, -0.25) is 0 Å². The van der Waals surface area contributed by atoms with Gasteiger partial charge < -0.3 is 0 Å². The summed E-state index contributed by atoms with van der Waals surface area (Å²) in [6.45, 7) is 4.23. The third-order valence-corrected chi connectivity index (χ3v) is 5.89. The first-order valence-corrected chi connectivity index (χ1v) is 8.83. The van der Waals surface area contributed by atoms with E-state index in [-0.39, 0.29) is 14.9 Å². The average molecular weight is 389 g/mol. The number of aryl methyl sites for hydroxylation is 2. The van der Waals surface area contributed by atoms with Crippen LogP contribution in [0.5, 0.6) is 0 Å². The molecule has 0 spiro atoms. The van der Waals surface area contributed by atoms with Crippen molar-refractivity contribution >= 4 is 49.9 Å². The summed E-state index contributed by atoms with van der Waals surface area (Å²) in [6.07, 6.45) is 0. The number of thiophene rings is 3. The molecule has 3 heterocycles. The average Bonchev–Trinajstić information content (AvgIpc) is 3.01. The molecule has 0 nitrogen and oxygen atoms in total. The Labute approximate surface area is 143 Å². The van der Waals surface area contributed by atoms with Crippen LogP contribution in [0, 0.1) is 13.8 Å². The van der Waals surface area contributed by atoms with Crippen LogP contribution in [0.2, 0.25) is 0 Å². The van der Waals surface area contributed by atoms with Crippen molar-refractivity contribution in [2.24, 2.45) is 0 Å². The molecule has 0 saturated heterocycles. The highest BCUT2D eigenvalue weighted by Crippen LogP contribution is 2.30. The lowest BCUT2D eigenvalue weighted by Gasteiger charge is -1.86. The van der Waals surface area contributed by atoms with E-state index < -0.39 is 0 Å². The van der Waals surface area contributed by atoms with Crippen LogP contribution in [0.1, 0.15) is 24.6 Å². The van der Waals surface area contributed by atoms with E-state index in [0.29, 0.717) is 0 Å². The van der Waals surface area contributed by atoms with E-state index in [9.17, 15) is 0 Å². The maximum Gasteiger partial charge on any atom is 0.0445 e. The molecule has 0 radical (unpaired) electrons. The molecular formula is C16H21BrS3. The fourth-order valence-corrected chi connectivity index (χ4v) is 4.44. The number of hydrogen-bond donors (Lipinski definition) is 0. The summed E-state index contributed by atoms with van der Waals surface area (Å²) in [5.41, 5.74) is 0. The van der Waals surface area contributed by atoms with Crippen LogP contribution in [0.25, 0.3) is 9.75 Å². The first kappa shape index (κ1) is 19.6. The quantitative estimate of drug-likeness (QED) is 0.397. The zero-order valence-electron chi connectivity index (χ0n) is 10.1. The Hall–Kier alpha value is -0.420. The van der Waals surface area contributed by atoms with Gasteiger partial charge in [0.2, 0.25) is 0 Å². The van der Waals surface area contributed by atoms with Gasteiger partial charge >= 0.3 is 0 Å². The SMILES string of the molecule is C.C.Cc1cc(Br)cs1.Cc1ccc(-c2cccs2)s1. The molecule has 3 aromatic rings. The van der Waals surface area contributed by atoms with Crippen LogP contribution < -0.4 is 0 Å². The van der Waals surface area contributed by atoms with Crippen molar-refractivity contribution in [3.8, 4) is 9.75 Å². The minimum absolute atomic E-state index is 0. The summed E-state index contributed by atoms with van der Waals surface area (Å²) >= 11 is 8.76. The van der Waals surface area contributed by atoms with Gasteiger partial charge in [-0.15, -0.1) is 34.0 Å². The van der Waals surface area contributed by atoms with E-state index in [1.165, 1.54) is 24.0 Å². The van der Waals surface area contributed by atoms with Gasteiger partial charge in [-0.1, -0.05) is 20.9 Å². The van der Waals surface area contributed by atoms with Crippen molar-refractivity contribution in [3.05, 3.63) is 55.3 Å². The fraction of sp³-hybridized carbons (Fsp3) is 0.250. The van der Waals surface area contributed by atoms with E-state index >= 15 is 0 Å². The van der Waals surface area contributed by atoms with Gasteiger partial charge in [0.1, 0.15) is 0 Å². The zero-order chi connectivity index (χ0) is 13.0. The molecule has 0 aliphatic rings. The van der Waals surface area contributed by atoms with Crippen LogP contribution in [0.15, 0.2) is 45.6 Å². The molecule has 3 aromatic heterocycles. The predicted molar refractivity (Wildman–Crippen MR) is 103 cm³/mol. The molecule has 0 unspecified atom stereocenters. The summed E-state index contributed by atoms with van der Waals surface area (Å²) < 4.78 is 1.19. The number of hydrogen-bond acceptors (Lipinski definition) is 3. The predicted octanol–water partition coefficient (Wildman–Crippen LogP) is 7.88. The maximum atomic E-state index is 3.34. The summed E-state index contributed by atoms with van der Waals surface area (Å²) in [5.74, 6) is 0. The molecule has 20 heavy (non-hydrogen) atoms. The Kier molecular flexibility index (Phi) is 9.30. The minimum atomic E-state index is 0. The summed E-state index contributed by atoms with van der Waals surface area (Å²) in [4.78, 5) is 5.50. The lowest BCUT2D eigenvalue weighted by molar-refractivity contribution is 1.62. The lowest BCUT2D eigenvalue weighted by atomic mass is 10.4. The van der Waals surface area contributed by atoms with E-state index in [4.69, 9.17) is 0 Å². The van der Waals surface area contributed by atoms with E-state index in [1.807, 2.05) is 11.3 Å². The molecule has 0 aliphatic heterocycles. The Bertz CT molecular complexity index is 574. The van der Waals surface area contributed by atoms with Crippen molar-refractivity contribution in [3.63, 3.8) is 0 Å². The Morgan fingerprint density at radius 3 is 2.00 bits per heavy atom. The highest BCUT2D eigenvalue weighted by atomic mass is 79.9. The fourth-order valence-electron chi connectivity index (χ4n) is 1.40. The maximum absolute atomic E-state index is 3.34. The van der Waals surface area contributed by atoms with Crippen LogP contribution in [0.4, 0.5) is 0 Å². The molecular weight excluding hydrogens is 368 g/mol. The molecule has 4 heteroatoms. The molecule has 3 rings (SSSR count). The highest BCUT2D eigenvalue weighted by Gasteiger charge is 1.99. The van der Waals surface area contributed by atoms with E-state index in [1.54, 1.807) is 22.7 Å². The Balaban J connectivity index is 0.000000356. The molecule has 0 aromatic carbocycles. The second kappa shape index (κ2) is 9.50. The third-order valence-electron chi connectivity index (χ3n) is 2.20. The standard InChI is InChI=1S/C9H8S2.C5H5BrS.2CH4/c1-7-4-5-9(11-7)8-3-2-6-10-8;1-4-2-5(6)3-7-4;;/h2-6H,1H3;2-3H,1H3;2*1H4. The second-order valence-corrected chi connectivity index (χ2v) is 8.03. The largest absolute Gasteiger partial charge is 0.148 e. The van der Waals surface area contributed by atoms with Gasteiger partial charge in [0.15, 0.2) is 0 Å². The van der Waals surface area contributed by atoms with E-state index in [0.717, 1.165) is 0 Å². The molecule has 0 amide bonds. The smallest absolute Gasteiger partial charge is 0.0445 e. The van der Waals surface area contributed by atoms with Gasteiger partial charge in [-0.25, -0.2) is 0 Å². The normalized spacial score (nSPS) is 8.95. The second-order valence-electron chi connectivity index (χ2n) is 3.76. The Morgan fingerprint density at radius 1 is 0.900 bits per heavy atom. The lowest BCUT2D eigenvalue weighted by Crippen LogP contribution is -1.55. The summed E-state index contributed by atoms with van der Waals surface area (Å²) in [7, 11) is 0. The highest BCUT2D eigenvalue weighted by molar-refractivity contribution is 9.10. The monoisotopic (exact) mass is 388 g/mol. The van der Waals surface area contributed by atoms with Crippen molar-refractivity contribution in [2.45, 2.75) is 28.7 Å². The third kappa shape index (κ3) is 5.92. The zero-order valence-corrected chi connectivity index (χ0v) is 14.2. The number of rotatable bonds is 1. The molecule has 0 atom stereocenters. The van der Waals surface area contributed by atoms with E-state index in [2.05, 4.69) is 70.9 Å². The van der Waals surface area contributed by atoms with Gasteiger partial charge in [-0.05, 0) is 59.4 Å². The Morgan fingerprint density at radius 2 is 1.65 bits per heavy atom. The van der Waals surface area contributed by atoms with Crippen LogP contribution in [-0.4, -0.2) is 0 Å². The molecule has 0 bridgehead atoms. The van der Waals surface area contributed by atoms with Crippen LogP contribution in [-0.2, 0) is 0 Å². The van der Waals surface area contributed by atoms with Crippen molar-refractivity contribution in [2.75, 3.05) is 0 Å². The first-order valence-electron chi connectivity index (χ1n) is 5.46. The first-order chi connectivity index (χ1) is 8.65. The molecule has 110 valence electrons.